The molecule has 0 saturated carbocycles. The third-order valence-corrected chi connectivity index (χ3v) is 6.51. The van der Waals surface area contributed by atoms with E-state index in [2.05, 4.69) is 14.9 Å². The average molecular weight is 505 g/mol. The first-order valence-electron chi connectivity index (χ1n) is 11.7. The molecule has 4 rings (SSSR count). The van der Waals surface area contributed by atoms with Crippen molar-refractivity contribution in [2.75, 3.05) is 19.5 Å². The molecule has 1 amide bonds. The van der Waals surface area contributed by atoms with Crippen LogP contribution in [0.5, 0.6) is 5.75 Å². The van der Waals surface area contributed by atoms with Gasteiger partial charge in [0.25, 0.3) is 0 Å². The molecule has 0 saturated heterocycles. The van der Waals surface area contributed by atoms with E-state index in [1.165, 1.54) is 11.8 Å². The second kappa shape index (κ2) is 12.2. The highest BCUT2D eigenvalue weighted by atomic mass is 32.2. The number of esters is 1. The summed E-state index contributed by atoms with van der Waals surface area (Å²) in [5.41, 5.74) is 3.99. The lowest BCUT2D eigenvalue weighted by Gasteiger charge is -2.10. The van der Waals surface area contributed by atoms with Gasteiger partial charge in [0.15, 0.2) is 5.16 Å². The second-order valence-corrected chi connectivity index (χ2v) is 8.90. The lowest BCUT2D eigenvalue weighted by Crippen LogP contribution is -2.25. The Bertz CT molecular complexity index is 1320. The van der Waals surface area contributed by atoms with Gasteiger partial charge in [-0.3, -0.25) is 9.78 Å². The number of carbonyl (C=O) groups excluding carboxylic acids is 2. The van der Waals surface area contributed by atoms with Gasteiger partial charge in [-0.2, -0.15) is 0 Å². The minimum Gasteiger partial charge on any atom is -0.497 e. The van der Waals surface area contributed by atoms with E-state index in [4.69, 9.17) is 14.5 Å². The summed E-state index contributed by atoms with van der Waals surface area (Å²) in [4.78, 5) is 33.7. The van der Waals surface area contributed by atoms with Crippen molar-refractivity contribution in [3.05, 3.63) is 83.7 Å². The smallest absolute Gasteiger partial charge is 0.338 e. The first kappa shape index (κ1) is 25.2. The van der Waals surface area contributed by atoms with Crippen molar-refractivity contribution in [2.45, 2.75) is 31.6 Å². The molecule has 186 valence electrons. The highest BCUT2D eigenvalue weighted by molar-refractivity contribution is 7.99. The van der Waals surface area contributed by atoms with E-state index in [1.54, 1.807) is 32.4 Å². The lowest BCUT2D eigenvalue weighted by molar-refractivity contribution is -0.118. The monoisotopic (exact) mass is 504 g/mol. The summed E-state index contributed by atoms with van der Waals surface area (Å²) in [5, 5.41) is 3.61. The van der Waals surface area contributed by atoms with Crippen molar-refractivity contribution < 1.29 is 19.1 Å². The fourth-order valence-electron chi connectivity index (χ4n) is 3.68. The number of aromatic nitrogens is 3. The van der Waals surface area contributed by atoms with Crippen molar-refractivity contribution in [2.24, 2.45) is 0 Å². The van der Waals surface area contributed by atoms with Crippen LogP contribution in [0.4, 0.5) is 0 Å². The number of amides is 1. The molecule has 0 bridgehead atoms. The maximum atomic E-state index is 12.5. The Kier molecular flexibility index (Phi) is 8.57. The van der Waals surface area contributed by atoms with E-state index in [0.29, 0.717) is 35.9 Å². The van der Waals surface area contributed by atoms with Crippen LogP contribution in [0.1, 0.15) is 28.5 Å². The SMILES string of the molecule is CCOC(=O)c1ccc2c(c1)nc(SCC(=O)NCc1ccccn1)n2CCc1ccc(OC)cc1. The highest BCUT2D eigenvalue weighted by Gasteiger charge is 2.16. The molecule has 0 atom stereocenters. The molecular weight excluding hydrogens is 476 g/mol. The maximum Gasteiger partial charge on any atom is 0.338 e. The molecular formula is C27H28N4O4S. The normalized spacial score (nSPS) is 10.8. The first-order chi connectivity index (χ1) is 17.6. The van der Waals surface area contributed by atoms with E-state index in [-0.39, 0.29) is 17.6 Å². The van der Waals surface area contributed by atoms with Crippen molar-refractivity contribution in [3.8, 4) is 5.75 Å². The van der Waals surface area contributed by atoms with E-state index in [9.17, 15) is 9.59 Å². The number of aryl methyl sites for hydroxylation is 2. The molecule has 0 aliphatic carbocycles. The number of thioether (sulfide) groups is 1. The van der Waals surface area contributed by atoms with Gasteiger partial charge in [0.1, 0.15) is 5.75 Å². The Hall–Kier alpha value is -3.85. The Morgan fingerprint density at radius 1 is 1.08 bits per heavy atom. The van der Waals surface area contributed by atoms with Crippen LogP contribution in [0.2, 0.25) is 0 Å². The van der Waals surface area contributed by atoms with Crippen LogP contribution in [0.3, 0.4) is 0 Å². The number of benzene rings is 2. The summed E-state index contributed by atoms with van der Waals surface area (Å²) < 4.78 is 12.5. The largest absolute Gasteiger partial charge is 0.497 e. The molecule has 9 heteroatoms. The molecule has 2 aromatic heterocycles. The number of carbonyl (C=O) groups is 2. The first-order valence-corrected chi connectivity index (χ1v) is 12.7. The number of nitrogens with one attached hydrogen (secondary N) is 1. The molecule has 0 fully saturated rings. The van der Waals surface area contributed by atoms with Gasteiger partial charge in [-0.05, 0) is 61.4 Å². The zero-order chi connectivity index (χ0) is 25.3. The number of pyridine rings is 1. The molecule has 1 N–H and O–H groups in total. The average Bonchev–Trinajstić information content (AvgIpc) is 3.27. The van der Waals surface area contributed by atoms with Gasteiger partial charge in [0.05, 0.1) is 48.3 Å². The van der Waals surface area contributed by atoms with E-state index >= 15 is 0 Å². The van der Waals surface area contributed by atoms with E-state index in [0.717, 1.165) is 28.9 Å². The molecule has 2 aromatic carbocycles. The van der Waals surface area contributed by atoms with Gasteiger partial charge in [-0.25, -0.2) is 9.78 Å². The minimum atomic E-state index is -0.379. The van der Waals surface area contributed by atoms with Gasteiger partial charge in [0, 0.05) is 12.7 Å². The minimum absolute atomic E-state index is 0.105. The molecule has 36 heavy (non-hydrogen) atoms. The summed E-state index contributed by atoms with van der Waals surface area (Å²) in [6.45, 7) is 3.12. The van der Waals surface area contributed by atoms with Crippen LogP contribution >= 0.6 is 11.8 Å². The molecule has 0 radical (unpaired) electrons. The molecule has 8 nitrogen and oxygen atoms in total. The van der Waals surface area contributed by atoms with Crippen LogP contribution in [-0.4, -0.2) is 45.9 Å². The molecule has 0 spiro atoms. The topological polar surface area (TPSA) is 95.3 Å². The second-order valence-electron chi connectivity index (χ2n) is 7.95. The molecule has 0 aliphatic heterocycles. The zero-order valence-electron chi connectivity index (χ0n) is 20.3. The third kappa shape index (κ3) is 6.42. The van der Waals surface area contributed by atoms with Gasteiger partial charge in [0.2, 0.25) is 5.91 Å². The lowest BCUT2D eigenvalue weighted by atomic mass is 10.1. The quantitative estimate of drug-likeness (QED) is 0.241. The van der Waals surface area contributed by atoms with Gasteiger partial charge in [-0.1, -0.05) is 30.0 Å². The van der Waals surface area contributed by atoms with Crippen LogP contribution in [0.15, 0.2) is 72.0 Å². The standard InChI is InChI=1S/C27H28N4O4S/c1-3-35-26(33)20-9-12-24-23(16-20)30-27(31(24)15-13-19-7-10-22(34-2)11-8-19)36-18-25(32)29-17-21-6-4-5-14-28-21/h4-12,14,16H,3,13,15,17-18H2,1-2H3,(H,29,32). The number of methoxy groups -OCH3 is 1. The molecule has 2 heterocycles. The van der Waals surface area contributed by atoms with Gasteiger partial charge in [-0.15, -0.1) is 0 Å². The van der Waals surface area contributed by atoms with Crippen molar-refractivity contribution in [1.82, 2.24) is 19.9 Å². The van der Waals surface area contributed by atoms with Crippen molar-refractivity contribution >= 4 is 34.7 Å². The summed E-state index contributed by atoms with van der Waals surface area (Å²) in [7, 11) is 1.65. The predicted octanol–water partition coefficient (Wildman–Crippen LogP) is 4.27. The van der Waals surface area contributed by atoms with E-state index in [1.807, 2.05) is 48.5 Å². The number of nitrogens with zero attached hydrogens (tertiary/aromatic N) is 3. The van der Waals surface area contributed by atoms with Crippen molar-refractivity contribution in [1.29, 1.82) is 0 Å². The Morgan fingerprint density at radius 3 is 2.64 bits per heavy atom. The van der Waals surface area contributed by atoms with Crippen LogP contribution < -0.4 is 10.1 Å². The van der Waals surface area contributed by atoms with Crippen LogP contribution in [-0.2, 0) is 29.0 Å². The molecule has 0 aliphatic rings. The summed E-state index contributed by atoms with van der Waals surface area (Å²) in [5.74, 6) is 0.539. The number of imidazole rings is 1. The van der Waals surface area contributed by atoms with Gasteiger partial charge < -0.3 is 19.4 Å². The molecule has 4 aromatic rings. The Balaban J connectivity index is 1.51. The molecule has 0 unspecified atom stereocenters. The van der Waals surface area contributed by atoms with Crippen LogP contribution in [0, 0.1) is 0 Å². The summed E-state index contributed by atoms with van der Waals surface area (Å²) >= 11 is 1.36. The number of rotatable bonds is 11. The maximum absolute atomic E-state index is 12.5. The number of hydrogen-bond donors (Lipinski definition) is 1. The Morgan fingerprint density at radius 2 is 1.92 bits per heavy atom. The fraction of sp³-hybridized carbons (Fsp3) is 0.259. The van der Waals surface area contributed by atoms with Crippen molar-refractivity contribution in [3.63, 3.8) is 0 Å². The predicted molar refractivity (Wildman–Crippen MR) is 139 cm³/mol. The van der Waals surface area contributed by atoms with Crippen LogP contribution in [0.25, 0.3) is 11.0 Å². The summed E-state index contributed by atoms with van der Waals surface area (Å²) in [6, 6.07) is 18.9. The number of fused-ring (bicyclic) bond motifs is 1. The zero-order valence-corrected chi connectivity index (χ0v) is 21.1. The fourth-order valence-corrected chi connectivity index (χ4v) is 4.55. The number of hydrogen-bond acceptors (Lipinski definition) is 7. The third-order valence-electron chi connectivity index (χ3n) is 5.53. The highest BCUT2D eigenvalue weighted by Crippen LogP contribution is 2.26. The Labute approximate surface area is 214 Å². The van der Waals surface area contributed by atoms with Gasteiger partial charge >= 0.3 is 5.97 Å². The number of ether oxygens (including phenoxy) is 2. The van der Waals surface area contributed by atoms with E-state index < -0.39 is 0 Å². The summed E-state index contributed by atoms with van der Waals surface area (Å²) in [6.07, 6.45) is 2.47.